The fourth-order valence-corrected chi connectivity index (χ4v) is 4.78. The second-order valence-corrected chi connectivity index (χ2v) is 8.47. The molecule has 21 heavy (non-hydrogen) atoms. The molecule has 1 heterocycles. The van der Waals surface area contributed by atoms with Crippen LogP contribution < -0.4 is 4.72 Å². The molecular weight excluding hydrogens is 274 g/mol. The van der Waals surface area contributed by atoms with Crippen LogP contribution in [0.15, 0.2) is 0 Å². The Hall–Kier alpha value is 0.180. The van der Waals surface area contributed by atoms with Gasteiger partial charge in [0.05, 0.1) is 0 Å². The van der Waals surface area contributed by atoms with E-state index in [2.05, 4.69) is 17.0 Å². The number of rotatable bonds is 15. The van der Waals surface area contributed by atoms with E-state index in [1.807, 2.05) is 0 Å². The molecule has 1 aliphatic heterocycles. The van der Waals surface area contributed by atoms with Crippen LogP contribution in [0, 0.1) is 0 Å². The Morgan fingerprint density at radius 1 is 0.714 bits per heavy atom. The van der Waals surface area contributed by atoms with Gasteiger partial charge in [-0.05, 0) is 18.2 Å². The highest BCUT2D eigenvalue weighted by Gasteiger charge is 2.00. The second kappa shape index (κ2) is 15.1. The maximum atomic E-state index is 3.58. The molecule has 1 rings (SSSR count). The van der Waals surface area contributed by atoms with E-state index in [-0.39, 0.29) is 0 Å². The molecule has 0 aliphatic carbocycles. The molecule has 126 valence electrons. The summed E-state index contributed by atoms with van der Waals surface area (Å²) in [4.78, 5) is 0. The molecule has 0 spiro atoms. The van der Waals surface area contributed by atoms with Crippen LogP contribution in [0.3, 0.4) is 0 Å². The molecule has 0 aromatic rings. The van der Waals surface area contributed by atoms with Crippen molar-refractivity contribution in [3.05, 3.63) is 0 Å². The fraction of sp³-hybridized carbons (Fsp3) is 0.947. The van der Waals surface area contributed by atoms with Crippen molar-refractivity contribution in [2.75, 3.05) is 12.3 Å². The lowest BCUT2D eigenvalue weighted by atomic mass is 10.0. The average molecular weight is 314 g/mol. The first-order valence-electron chi connectivity index (χ1n) is 9.70. The Morgan fingerprint density at radius 2 is 1.19 bits per heavy atom. The van der Waals surface area contributed by atoms with Gasteiger partial charge in [-0.1, -0.05) is 90.4 Å². The Bertz CT molecular complexity index is 250. The minimum atomic E-state index is 0.482. The van der Waals surface area contributed by atoms with Gasteiger partial charge in [0.1, 0.15) is 0 Å². The van der Waals surface area contributed by atoms with E-state index in [4.69, 9.17) is 0 Å². The van der Waals surface area contributed by atoms with Crippen molar-refractivity contribution < 1.29 is 0 Å². The summed E-state index contributed by atoms with van der Waals surface area (Å²) in [7, 11) is 0.482. The first-order chi connectivity index (χ1) is 10.4. The van der Waals surface area contributed by atoms with Gasteiger partial charge in [-0.3, -0.25) is 4.72 Å². The molecule has 0 bridgehead atoms. The first kappa shape index (κ1) is 19.2. The highest BCUT2D eigenvalue weighted by Crippen LogP contribution is 2.16. The maximum Gasteiger partial charge on any atom is 0.00936 e. The molecule has 0 radical (unpaired) electrons. The van der Waals surface area contributed by atoms with Crippen LogP contribution in [0.2, 0.25) is 0 Å². The molecule has 2 heteroatoms. The smallest absolute Gasteiger partial charge is 0.00936 e. The van der Waals surface area contributed by atoms with Crippen LogP contribution in [0.4, 0.5) is 0 Å². The van der Waals surface area contributed by atoms with Gasteiger partial charge in [-0.25, -0.2) is 0 Å². The summed E-state index contributed by atoms with van der Waals surface area (Å²) >= 11 is 0. The van der Waals surface area contributed by atoms with E-state index in [1.165, 1.54) is 109 Å². The molecule has 1 atom stereocenters. The standard InChI is InChI=1S/C19H39NS/c1-2-3-4-5-6-7-8-9-10-11-12-13-14-15-18-21-19-16-17-20-21/h19-20H,2-18H2,1H3. The molecular formula is C19H39NS. The van der Waals surface area contributed by atoms with Crippen LogP contribution in [0.25, 0.3) is 0 Å². The molecule has 0 aromatic heterocycles. The SMILES string of the molecule is CCCCCCCCCCCCCCCCS1=CCCN1. The van der Waals surface area contributed by atoms with Crippen molar-refractivity contribution in [2.24, 2.45) is 0 Å². The van der Waals surface area contributed by atoms with Crippen molar-refractivity contribution in [3.8, 4) is 0 Å². The number of nitrogens with one attached hydrogen (secondary N) is 1. The Labute approximate surface area is 136 Å². The summed E-state index contributed by atoms with van der Waals surface area (Å²) in [5.74, 6) is 1.40. The Morgan fingerprint density at radius 3 is 1.62 bits per heavy atom. The summed E-state index contributed by atoms with van der Waals surface area (Å²) in [6.45, 7) is 3.52. The zero-order valence-corrected chi connectivity index (χ0v) is 15.3. The lowest BCUT2D eigenvalue weighted by Gasteiger charge is -2.05. The quantitative estimate of drug-likeness (QED) is 0.271. The van der Waals surface area contributed by atoms with Gasteiger partial charge >= 0.3 is 0 Å². The van der Waals surface area contributed by atoms with Gasteiger partial charge in [0.15, 0.2) is 0 Å². The average Bonchev–Trinajstić information content (AvgIpc) is 3.01. The second-order valence-electron chi connectivity index (χ2n) is 6.58. The molecule has 1 unspecified atom stereocenters. The van der Waals surface area contributed by atoms with E-state index in [1.54, 1.807) is 0 Å². The van der Waals surface area contributed by atoms with Gasteiger partial charge < -0.3 is 0 Å². The molecule has 1 N–H and O–H groups in total. The summed E-state index contributed by atoms with van der Waals surface area (Å²) in [5, 5.41) is 2.49. The summed E-state index contributed by atoms with van der Waals surface area (Å²) < 4.78 is 3.58. The zero-order chi connectivity index (χ0) is 15.0. The van der Waals surface area contributed by atoms with Crippen molar-refractivity contribution in [1.29, 1.82) is 0 Å². The highest BCUT2D eigenvalue weighted by molar-refractivity contribution is 8.13. The monoisotopic (exact) mass is 313 g/mol. The van der Waals surface area contributed by atoms with E-state index in [9.17, 15) is 0 Å². The van der Waals surface area contributed by atoms with Gasteiger partial charge in [0, 0.05) is 12.3 Å². The van der Waals surface area contributed by atoms with Crippen molar-refractivity contribution >= 4 is 16.0 Å². The third-order valence-electron chi connectivity index (χ3n) is 4.47. The van der Waals surface area contributed by atoms with Crippen LogP contribution in [0.5, 0.6) is 0 Å². The summed E-state index contributed by atoms with van der Waals surface area (Å²) in [6, 6.07) is 0. The third-order valence-corrected chi connectivity index (χ3v) is 6.41. The lowest BCUT2D eigenvalue weighted by Crippen LogP contribution is -2.01. The van der Waals surface area contributed by atoms with Gasteiger partial charge in [0.25, 0.3) is 0 Å². The third kappa shape index (κ3) is 12.4. The minimum Gasteiger partial charge on any atom is -0.270 e. The summed E-state index contributed by atoms with van der Waals surface area (Å²) in [5.41, 5.74) is 0. The lowest BCUT2D eigenvalue weighted by molar-refractivity contribution is 0.538. The minimum absolute atomic E-state index is 0.482. The zero-order valence-electron chi connectivity index (χ0n) is 14.5. The predicted molar refractivity (Wildman–Crippen MR) is 101 cm³/mol. The molecule has 0 fully saturated rings. The Balaban J connectivity index is 1.67. The fourth-order valence-electron chi connectivity index (χ4n) is 3.06. The van der Waals surface area contributed by atoms with Crippen LogP contribution in [-0.4, -0.2) is 17.7 Å². The van der Waals surface area contributed by atoms with Crippen LogP contribution >= 0.6 is 10.7 Å². The topological polar surface area (TPSA) is 12.0 Å². The predicted octanol–water partition coefficient (Wildman–Crippen LogP) is 6.45. The first-order valence-corrected chi connectivity index (χ1v) is 11.2. The van der Waals surface area contributed by atoms with E-state index in [0.717, 1.165) is 0 Å². The number of hydrogen-bond acceptors (Lipinski definition) is 1. The molecule has 1 aliphatic rings. The van der Waals surface area contributed by atoms with Crippen LogP contribution in [0.1, 0.15) is 103 Å². The molecule has 0 saturated carbocycles. The van der Waals surface area contributed by atoms with Gasteiger partial charge in [-0.2, -0.15) is 0 Å². The highest BCUT2D eigenvalue weighted by atomic mass is 32.2. The molecule has 0 amide bonds. The van der Waals surface area contributed by atoms with Crippen LogP contribution in [-0.2, 0) is 0 Å². The van der Waals surface area contributed by atoms with E-state index < -0.39 is 0 Å². The van der Waals surface area contributed by atoms with E-state index in [0.29, 0.717) is 10.7 Å². The number of hydrogen-bond donors (Lipinski definition) is 1. The van der Waals surface area contributed by atoms with Gasteiger partial charge in [0.2, 0.25) is 0 Å². The van der Waals surface area contributed by atoms with Gasteiger partial charge in [-0.15, -0.1) is 10.7 Å². The van der Waals surface area contributed by atoms with E-state index >= 15 is 0 Å². The normalized spacial score (nSPS) is 18.0. The van der Waals surface area contributed by atoms with Crippen molar-refractivity contribution in [1.82, 2.24) is 4.72 Å². The molecule has 0 saturated heterocycles. The Kier molecular flexibility index (Phi) is 13.8. The number of unbranched alkanes of at least 4 members (excludes halogenated alkanes) is 13. The van der Waals surface area contributed by atoms with Crippen molar-refractivity contribution in [2.45, 2.75) is 103 Å². The van der Waals surface area contributed by atoms with Crippen molar-refractivity contribution in [3.63, 3.8) is 0 Å². The molecule has 1 nitrogen and oxygen atoms in total. The summed E-state index contributed by atoms with van der Waals surface area (Å²) in [6.07, 6.45) is 21.8. The largest absolute Gasteiger partial charge is 0.270 e. The maximum absolute atomic E-state index is 3.58. The molecule has 0 aromatic carbocycles.